The molecular formula is C7H4ClF2NO3. The van der Waals surface area contributed by atoms with Crippen LogP contribution in [0.3, 0.4) is 0 Å². The van der Waals surface area contributed by atoms with E-state index in [4.69, 9.17) is 21.8 Å². The molecular weight excluding hydrogens is 220 g/mol. The van der Waals surface area contributed by atoms with Crippen LogP contribution in [0.5, 0.6) is 5.75 Å². The Balaban J connectivity index is 3.41. The van der Waals surface area contributed by atoms with Gasteiger partial charge in [-0.1, -0.05) is 11.6 Å². The molecule has 0 aliphatic rings. The molecule has 1 heterocycles. The first kappa shape index (κ1) is 10.6. The summed E-state index contributed by atoms with van der Waals surface area (Å²) in [5, 5.41) is 16.8. The molecule has 0 atom stereocenters. The summed E-state index contributed by atoms with van der Waals surface area (Å²) < 4.78 is 24.4. The smallest absolute Gasteiger partial charge is 0.341 e. The number of carbonyl (C=O) groups is 1. The molecule has 1 rings (SSSR count). The number of hydrogen-bond donors (Lipinski definition) is 2. The minimum absolute atomic E-state index is 0.622. The van der Waals surface area contributed by atoms with Gasteiger partial charge < -0.3 is 10.2 Å². The molecule has 0 radical (unpaired) electrons. The van der Waals surface area contributed by atoms with Gasteiger partial charge in [0.2, 0.25) is 0 Å². The molecule has 0 unspecified atom stereocenters. The number of alkyl halides is 2. The van der Waals surface area contributed by atoms with E-state index in [9.17, 15) is 13.6 Å². The second-order valence-corrected chi connectivity index (χ2v) is 2.70. The van der Waals surface area contributed by atoms with Gasteiger partial charge in [-0.05, 0) is 0 Å². The van der Waals surface area contributed by atoms with Crippen LogP contribution in [0.1, 0.15) is 22.5 Å². The van der Waals surface area contributed by atoms with Gasteiger partial charge in [0.05, 0.1) is 11.2 Å². The Hall–Kier alpha value is -1.43. The predicted molar refractivity (Wildman–Crippen MR) is 42.8 cm³/mol. The van der Waals surface area contributed by atoms with E-state index in [2.05, 4.69) is 4.98 Å². The average Bonchev–Trinajstić information content (AvgIpc) is 2.02. The number of carboxylic acids is 1. The van der Waals surface area contributed by atoms with E-state index in [1.807, 2.05) is 0 Å². The molecule has 0 saturated heterocycles. The summed E-state index contributed by atoms with van der Waals surface area (Å²) in [6.45, 7) is 0. The van der Waals surface area contributed by atoms with Crippen LogP contribution in [-0.4, -0.2) is 21.2 Å². The first-order chi connectivity index (χ1) is 6.45. The van der Waals surface area contributed by atoms with Crippen molar-refractivity contribution in [2.75, 3.05) is 0 Å². The maximum absolute atomic E-state index is 12.2. The van der Waals surface area contributed by atoms with Gasteiger partial charge in [0, 0.05) is 0 Å². The van der Waals surface area contributed by atoms with E-state index in [0.717, 1.165) is 0 Å². The summed E-state index contributed by atoms with van der Waals surface area (Å²) in [5.41, 5.74) is -1.63. The third kappa shape index (κ3) is 1.74. The minimum atomic E-state index is -2.99. The molecule has 0 aliphatic heterocycles. The van der Waals surface area contributed by atoms with Crippen molar-refractivity contribution >= 4 is 17.6 Å². The normalized spacial score (nSPS) is 10.6. The highest BCUT2D eigenvalue weighted by atomic mass is 35.5. The van der Waals surface area contributed by atoms with E-state index < -0.39 is 34.4 Å². The van der Waals surface area contributed by atoms with Gasteiger partial charge >= 0.3 is 5.97 Å². The van der Waals surface area contributed by atoms with E-state index in [1.54, 1.807) is 0 Å². The van der Waals surface area contributed by atoms with Crippen LogP contribution in [0.4, 0.5) is 8.78 Å². The van der Waals surface area contributed by atoms with Crippen LogP contribution in [0.25, 0.3) is 0 Å². The molecule has 76 valence electrons. The lowest BCUT2D eigenvalue weighted by Crippen LogP contribution is -2.03. The van der Waals surface area contributed by atoms with Crippen LogP contribution in [0.2, 0.25) is 5.02 Å². The Bertz CT molecular complexity index is 383. The van der Waals surface area contributed by atoms with Gasteiger partial charge in [-0.15, -0.1) is 0 Å². The molecule has 0 saturated carbocycles. The van der Waals surface area contributed by atoms with Crippen molar-refractivity contribution in [3.63, 3.8) is 0 Å². The van der Waals surface area contributed by atoms with Crippen LogP contribution in [0.15, 0.2) is 6.20 Å². The maximum atomic E-state index is 12.2. The van der Waals surface area contributed by atoms with Gasteiger partial charge in [0.15, 0.2) is 0 Å². The third-order valence-corrected chi connectivity index (χ3v) is 1.83. The molecule has 0 fully saturated rings. The molecule has 0 aliphatic carbocycles. The molecule has 0 aromatic carbocycles. The Kier molecular flexibility index (Phi) is 2.85. The fourth-order valence-corrected chi connectivity index (χ4v) is 1.16. The van der Waals surface area contributed by atoms with Crippen LogP contribution in [0, 0.1) is 0 Å². The zero-order valence-electron chi connectivity index (χ0n) is 6.54. The average molecular weight is 224 g/mol. The van der Waals surface area contributed by atoms with Gasteiger partial charge in [-0.3, -0.25) is 0 Å². The van der Waals surface area contributed by atoms with Gasteiger partial charge in [0.25, 0.3) is 6.43 Å². The first-order valence-electron chi connectivity index (χ1n) is 3.34. The standard InChI is InChI=1S/C7H4ClF2NO3/c8-4-3(7(13)14)2(12)1-11-5(4)6(9)10/h1,6,12H,(H,13,14). The van der Waals surface area contributed by atoms with Crippen LogP contribution < -0.4 is 0 Å². The molecule has 0 bridgehead atoms. The molecule has 0 spiro atoms. The highest BCUT2D eigenvalue weighted by Gasteiger charge is 2.23. The van der Waals surface area contributed by atoms with Crippen molar-refractivity contribution in [2.24, 2.45) is 0 Å². The SMILES string of the molecule is O=C(O)c1c(O)cnc(C(F)F)c1Cl. The van der Waals surface area contributed by atoms with Crippen molar-refractivity contribution in [1.82, 2.24) is 4.98 Å². The second-order valence-electron chi connectivity index (χ2n) is 2.32. The number of halogens is 3. The summed E-state index contributed by atoms with van der Waals surface area (Å²) in [7, 11) is 0. The zero-order chi connectivity index (χ0) is 10.9. The van der Waals surface area contributed by atoms with Crippen molar-refractivity contribution in [2.45, 2.75) is 6.43 Å². The molecule has 2 N–H and O–H groups in total. The lowest BCUT2D eigenvalue weighted by molar-refractivity contribution is 0.0693. The maximum Gasteiger partial charge on any atom is 0.341 e. The number of pyridine rings is 1. The highest BCUT2D eigenvalue weighted by Crippen LogP contribution is 2.32. The summed E-state index contributed by atoms with van der Waals surface area (Å²) in [6, 6.07) is 0. The van der Waals surface area contributed by atoms with Gasteiger partial charge in [-0.25, -0.2) is 18.6 Å². The lowest BCUT2D eigenvalue weighted by atomic mass is 10.2. The summed E-state index contributed by atoms with van der Waals surface area (Å²) in [5.74, 6) is -2.33. The monoisotopic (exact) mass is 223 g/mol. The lowest BCUT2D eigenvalue weighted by Gasteiger charge is -2.06. The first-order valence-corrected chi connectivity index (χ1v) is 3.71. The van der Waals surface area contributed by atoms with Crippen LogP contribution >= 0.6 is 11.6 Å². The van der Waals surface area contributed by atoms with Crippen molar-refractivity contribution in [3.05, 3.63) is 22.5 Å². The van der Waals surface area contributed by atoms with Gasteiger partial charge in [-0.2, -0.15) is 0 Å². The fraction of sp³-hybridized carbons (Fsp3) is 0.143. The number of aromatic carboxylic acids is 1. The third-order valence-electron chi connectivity index (χ3n) is 1.45. The number of nitrogens with zero attached hydrogens (tertiary/aromatic N) is 1. The van der Waals surface area contributed by atoms with Crippen molar-refractivity contribution in [3.8, 4) is 5.75 Å². The molecule has 1 aromatic heterocycles. The van der Waals surface area contributed by atoms with E-state index in [0.29, 0.717) is 6.20 Å². The number of aromatic nitrogens is 1. The Morgan fingerprint density at radius 2 is 2.14 bits per heavy atom. The molecule has 4 nitrogen and oxygen atoms in total. The number of aromatic hydroxyl groups is 1. The fourth-order valence-electron chi connectivity index (χ4n) is 0.848. The number of hydrogen-bond acceptors (Lipinski definition) is 3. The summed E-state index contributed by atoms with van der Waals surface area (Å²) in [4.78, 5) is 13.6. The summed E-state index contributed by atoms with van der Waals surface area (Å²) in [6.07, 6.45) is -2.36. The van der Waals surface area contributed by atoms with E-state index >= 15 is 0 Å². The van der Waals surface area contributed by atoms with Crippen molar-refractivity contribution < 1.29 is 23.8 Å². The largest absolute Gasteiger partial charge is 0.505 e. The minimum Gasteiger partial charge on any atom is -0.505 e. The zero-order valence-corrected chi connectivity index (χ0v) is 7.29. The quantitative estimate of drug-likeness (QED) is 0.805. The Labute approximate surface area is 81.8 Å². The second kappa shape index (κ2) is 3.75. The predicted octanol–water partition coefficient (Wildman–Crippen LogP) is 2.08. The number of carboxylic acid groups (broad SMARTS) is 1. The molecule has 14 heavy (non-hydrogen) atoms. The molecule has 0 amide bonds. The molecule has 1 aromatic rings. The van der Waals surface area contributed by atoms with Crippen LogP contribution in [-0.2, 0) is 0 Å². The van der Waals surface area contributed by atoms with Gasteiger partial charge in [0.1, 0.15) is 17.0 Å². The Morgan fingerprint density at radius 1 is 1.57 bits per heavy atom. The Morgan fingerprint density at radius 3 is 2.57 bits per heavy atom. The topological polar surface area (TPSA) is 70.4 Å². The highest BCUT2D eigenvalue weighted by molar-refractivity contribution is 6.34. The summed E-state index contributed by atoms with van der Waals surface area (Å²) >= 11 is 5.32. The van der Waals surface area contributed by atoms with E-state index in [-0.39, 0.29) is 0 Å². The number of rotatable bonds is 2. The molecule has 7 heteroatoms. The van der Waals surface area contributed by atoms with E-state index in [1.165, 1.54) is 0 Å². The van der Waals surface area contributed by atoms with Crippen molar-refractivity contribution in [1.29, 1.82) is 0 Å².